The van der Waals surface area contributed by atoms with Crippen LogP contribution in [0.3, 0.4) is 0 Å². The van der Waals surface area contributed by atoms with Crippen LogP contribution >= 0.6 is 0 Å². The normalized spacial score (nSPS) is 28.2. The molecule has 22 heavy (non-hydrogen) atoms. The Hall–Kier alpha value is -1.96. The standard InChI is InChI=1S/C15H19N3O4/c1-18-6-9-3-2-8(4-11(9)17-18)15(22)16-12-5-10(7-19)13(20)14(12)21/h2-4,6,10,12-14,19-21H,5,7H2,1H3,(H,16,22)/t10-,12-,13-,14+/m1/s1. The number of aliphatic hydroxyl groups excluding tert-OH is 3. The smallest absolute Gasteiger partial charge is 0.251 e. The highest BCUT2D eigenvalue weighted by Gasteiger charge is 2.41. The van der Waals surface area contributed by atoms with Crippen molar-refractivity contribution < 1.29 is 20.1 Å². The predicted octanol–water partition coefficient (Wildman–Crippen LogP) is -0.594. The summed E-state index contributed by atoms with van der Waals surface area (Å²) in [6.45, 7) is -0.218. The summed E-state index contributed by atoms with van der Waals surface area (Å²) >= 11 is 0. The number of aromatic nitrogens is 2. The lowest BCUT2D eigenvalue weighted by Crippen LogP contribution is -2.43. The Kier molecular flexibility index (Phi) is 3.86. The number of benzene rings is 1. The molecule has 1 saturated carbocycles. The van der Waals surface area contributed by atoms with Crippen LogP contribution in [0.2, 0.25) is 0 Å². The second kappa shape index (κ2) is 5.68. The molecule has 118 valence electrons. The molecule has 2 aromatic rings. The average molecular weight is 305 g/mol. The zero-order valence-electron chi connectivity index (χ0n) is 12.2. The number of fused-ring (bicyclic) bond motifs is 1. The quantitative estimate of drug-likeness (QED) is 0.606. The largest absolute Gasteiger partial charge is 0.396 e. The van der Waals surface area contributed by atoms with E-state index in [1.165, 1.54) is 0 Å². The van der Waals surface area contributed by atoms with Crippen molar-refractivity contribution in [2.75, 3.05) is 6.61 Å². The van der Waals surface area contributed by atoms with Gasteiger partial charge in [-0.15, -0.1) is 0 Å². The van der Waals surface area contributed by atoms with Crippen molar-refractivity contribution in [1.29, 1.82) is 0 Å². The molecule has 0 bridgehead atoms. The van der Waals surface area contributed by atoms with E-state index in [9.17, 15) is 15.0 Å². The van der Waals surface area contributed by atoms with Crippen molar-refractivity contribution in [1.82, 2.24) is 15.1 Å². The molecule has 4 N–H and O–H groups in total. The number of carbonyl (C=O) groups is 1. The van der Waals surface area contributed by atoms with Crippen LogP contribution in [0.25, 0.3) is 10.9 Å². The maximum Gasteiger partial charge on any atom is 0.251 e. The van der Waals surface area contributed by atoms with Gasteiger partial charge in [-0.05, 0) is 18.6 Å². The first kappa shape index (κ1) is 15.0. The van der Waals surface area contributed by atoms with E-state index in [0.29, 0.717) is 12.0 Å². The summed E-state index contributed by atoms with van der Waals surface area (Å²) in [4.78, 5) is 12.3. The summed E-state index contributed by atoms with van der Waals surface area (Å²) in [6, 6.07) is 4.62. The van der Waals surface area contributed by atoms with Crippen molar-refractivity contribution in [3.05, 3.63) is 30.0 Å². The maximum absolute atomic E-state index is 12.3. The third-order valence-electron chi connectivity index (χ3n) is 4.24. The highest BCUT2D eigenvalue weighted by molar-refractivity contribution is 5.97. The molecular weight excluding hydrogens is 286 g/mol. The van der Waals surface area contributed by atoms with Gasteiger partial charge in [0.05, 0.1) is 17.7 Å². The minimum absolute atomic E-state index is 0.218. The SMILES string of the molecule is Cn1cc2ccc(C(=O)N[C@@H]3C[C@H](CO)[C@@H](O)[C@H]3O)cc2n1. The van der Waals surface area contributed by atoms with Gasteiger partial charge in [0.25, 0.3) is 5.91 Å². The van der Waals surface area contributed by atoms with Gasteiger partial charge in [-0.3, -0.25) is 9.48 Å². The molecule has 0 radical (unpaired) electrons. The lowest BCUT2D eigenvalue weighted by molar-refractivity contribution is 0.000136. The van der Waals surface area contributed by atoms with Gasteiger partial charge in [0.1, 0.15) is 6.10 Å². The topological polar surface area (TPSA) is 108 Å². The highest BCUT2D eigenvalue weighted by atomic mass is 16.3. The third kappa shape index (κ3) is 2.58. The van der Waals surface area contributed by atoms with E-state index < -0.39 is 24.2 Å². The van der Waals surface area contributed by atoms with Gasteiger partial charge in [0.2, 0.25) is 0 Å². The molecule has 4 atom stereocenters. The van der Waals surface area contributed by atoms with Crippen molar-refractivity contribution in [3.8, 4) is 0 Å². The van der Waals surface area contributed by atoms with Crippen LogP contribution in [-0.2, 0) is 7.05 Å². The zero-order chi connectivity index (χ0) is 15.9. The molecule has 1 amide bonds. The zero-order valence-corrected chi connectivity index (χ0v) is 12.2. The summed E-state index contributed by atoms with van der Waals surface area (Å²) in [5, 5.41) is 36.8. The van der Waals surface area contributed by atoms with E-state index in [4.69, 9.17) is 5.11 Å². The molecule has 1 aliphatic rings. The molecule has 1 aromatic heterocycles. The molecule has 1 heterocycles. The van der Waals surface area contributed by atoms with Crippen molar-refractivity contribution in [3.63, 3.8) is 0 Å². The summed E-state index contributed by atoms with van der Waals surface area (Å²) in [5.74, 6) is -0.749. The van der Waals surface area contributed by atoms with Crippen molar-refractivity contribution in [2.45, 2.75) is 24.7 Å². The minimum atomic E-state index is -1.07. The molecular formula is C15H19N3O4. The number of carbonyl (C=O) groups excluding carboxylic acids is 1. The van der Waals surface area contributed by atoms with Crippen LogP contribution < -0.4 is 5.32 Å². The van der Waals surface area contributed by atoms with Gasteiger partial charge in [0.15, 0.2) is 0 Å². The van der Waals surface area contributed by atoms with Crippen molar-refractivity contribution in [2.24, 2.45) is 13.0 Å². The van der Waals surface area contributed by atoms with E-state index in [1.54, 1.807) is 16.8 Å². The summed E-state index contributed by atoms with van der Waals surface area (Å²) in [7, 11) is 1.81. The molecule has 1 aliphatic carbocycles. The van der Waals surface area contributed by atoms with Gasteiger partial charge in [-0.2, -0.15) is 5.10 Å². The number of amides is 1. The van der Waals surface area contributed by atoms with Crippen LogP contribution in [0, 0.1) is 5.92 Å². The Labute approximate surface area is 127 Å². The summed E-state index contributed by atoms with van der Waals surface area (Å²) < 4.78 is 1.68. The first-order valence-electron chi connectivity index (χ1n) is 7.21. The van der Waals surface area contributed by atoms with Crippen LogP contribution in [0.1, 0.15) is 16.8 Å². The number of rotatable bonds is 3. The molecule has 7 heteroatoms. The van der Waals surface area contributed by atoms with Crippen LogP contribution in [-0.4, -0.2) is 55.9 Å². The number of aliphatic hydroxyl groups is 3. The van der Waals surface area contributed by atoms with Crippen molar-refractivity contribution >= 4 is 16.8 Å². The van der Waals surface area contributed by atoms with Crippen LogP contribution in [0.4, 0.5) is 0 Å². The molecule has 0 unspecified atom stereocenters. The summed E-state index contributed by atoms with van der Waals surface area (Å²) in [5.41, 5.74) is 1.16. The number of aryl methyl sites for hydroxylation is 1. The first-order valence-corrected chi connectivity index (χ1v) is 7.21. The fourth-order valence-corrected chi connectivity index (χ4v) is 2.98. The second-order valence-corrected chi connectivity index (χ2v) is 5.82. The fraction of sp³-hybridized carbons (Fsp3) is 0.467. The second-order valence-electron chi connectivity index (χ2n) is 5.82. The van der Waals surface area contributed by atoms with Gasteiger partial charge in [0, 0.05) is 36.7 Å². The van der Waals surface area contributed by atoms with E-state index in [0.717, 1.165) is 10.9 Å². The molecule has 1 fully saturated rings. The average Bonchev–Trinajstić information content (AvgIpc) is 2.99. The van der Waals surface area contributed by atoms with Gasteiger partial charge in [-0.25, -0.2) is 0 Å². The first-order chi connectivity index (χ1) is 10.5. The van der Waals surface area contributed by atoms with Gasteiger partial charge < -0.3 is 20.6 Å². The van der Waals surface area contributed by atoms with Crippen LogP contribution in [0.15, 0.2) is 24.4 Å². The maximum atomic E-state index is 12.3. The lowest BCUT2D eigenvalue weighted by Gasteiger charge is -2.18. The number of nitrogens with zero attached hydrogens (tertiary/aromatic N) is 2. The Morgan fingerprint density at radius 3 is 2.86 bits per heavy atom. The third-order valence-corrected chi connectivity index (χ3v) is 4.24. The minimum Gasteiger partial charge on any atom is -0.396 e. The van der Waals surface area contributed by atoms with Crippen LogP contribution in [0.5, 0.6) is 0 Å². The monoisotopic (exact) mass is 305 g/mol. The molecule has 7 nitrogen and oxygen atoms in total. The molecule has 3 rings (SSSR count). The molecule has 0 aliphatic heterocycles. The number of hydrogen-bond donors (Lipinski definition) is 4. The number of nitrogens with one attached hydrogen (secondary N) is 1. The molecule has 0 spiro atoms. The summed E-state index contributed by atoms with van der Waals surface area (Å²) in [6.07, 6.45) is 0.115. The van der Waals surface area contributed by atoms with E-state index in [-0.39, 0.29) is 12.5 Å². The Morgan fingerprint density at radius 1 is 1.41 bits per heavy atom. The van der Waals surface area contributed by atoms with E-state index in [2.05, 4.69) is 10.4 Å². The highest BCUT2D eigenvalue weighted by Crippen LogP contribution is 2.26. The number of hydrogen-bond acceptors (Lipinski definition) is 5. The van der Waals surface area contributed by atoms with Gasteiger partial charge in [-0.1, -0.05) is 6.07 Å². The fourth-order valence-electron chi connectivity index (χ4n) is 2.98. The lowest BCUT2D eigenvalue weighted by atomic mass is 10.1. The molecule has 0 saturated heterocycles. The molecule has 1 aromatic carbocycles. The Morgan fingerprint density at radius 2 is 2.18 bits per heavy atom. The van der Waals surface area contributed by atoms with E-state index in [1.807, 2.05) is 19.3 Å². The Bertz CT molecular complexity index is 699. The van der Waals surface area contributed by atoms with Gasteiger partial charge >= 0.3 is 0 Å². The predicted molar refractivity (Wildman–Crippen MR) is 79.2 cm³/mol. The van der Waals surface area contributed by atoms with E-state index >= 15 is 0 Å². The Balaban J connectivity index is 1.75.